The van der Waals surface area contributed by atoms with Crippen LogP contribution in [0.1, 0.15) is 18.2 Å². The number of aliphatic imine (C=N–C) groups is 1. The molecule has 29 heavy (non-hydrogen) atoms. The van der Waals surface area contributed by atoms with Gasteiger partial charge in [0.2, 0.25) is 5.89 Å². The fraction of sp³-hybridized carbons (Fsp3) is 0.174. The van der Waals surface area contributed by atoms with Crippen molar-refractivity contribution in [1.29, 1.82) is 0 Å². The third-order valence-corrected chi connectivity index (χ3v) is 4.48. The molecule has 0 aliphatic carbocycles. The van der Waals surface area contributed by atoms with Crippen LogP contribution in [0, 0.1) is 0 Å². The normalized spacial score (nSPS) is 11.6. The number of oxazole rings is 1. The summed E-state index contributed by atoms with van der Waals surface area (Å²) in [6.07, 6.45) is 3.49. The van der Waals surface area contributed by atoms with Gasteiger partial charge in [0.25, 0.3) is 0 Å². The van der Waals surface area contributed by atoms with E-state index < -0.39 is 0 Å². The largest absolute Gasteiger partial charge is 0.444 e. The van der Waals surface area contributed by atoms with Gasteiger partial charge in [0.15, 0.2) is 5.96 Å². The molecule has 0 spiro atoms. The lowest BCUT2D eigenvalue weighted by Gasteiger charge is -2.10. The highest BCUT2D eigenvalue weighted by atomic mass is 16.3. The maximum atomic E-state index is 5.60. The number of hydrogen-bond acceptors (Lipinski definition) is 4. The Morgan fingerprint density at radius 3 is 2.72 bits per heavy atom. The highest BCUT2D eigenvalue weighted by Crippen LogP contribution is 2.18. The average molecular weight is 385 g/mol. The van der Waals surface area contributed by atoms with E-state index in [0.717, 1.165) is 40.2 Å². The fourth-order valence-corrected chi connectivity index (χ4v) is 3.08. The molecular formula is C23H23N5O. The van der Waals surface area contributed by atoms with Crippen molar-refractivity contribution in [1.82, 2.24) is 20.6 Å². The second kappa shape index (κ2) is 9.01. The minimum absolute atomic E-state index is 0.524. The number of aromatic nitrogens is 2. The summed E-state index contributed by atoms with van der Waals surface area (Å²) >= 11 is 0. The van der Waals surface area contributed by atoms with Crippen LogP contribution in [0.2, 0.25) is 0 Å². The number of nitrogens with one attached hydrogen (secondary N) is 2. The Balaban J connectivity index is 1.45. The van der Waals surface area contributed by atoms with Gasteiger partial charge in [-0.3, -0.25) is 4.98 Å². The maximum absolute atomic E-state index is 5.60. The average Bonchev–Trinajstić information content (AvgIpc) is 3.25. The Hall–Kier alpha value is -3.67. The molecule has 0 fully saturated rings. The number of hydrogen-bond donors (Lipinski definition) is 2. The Morgan fingerprint density at radius 1 is 1.00 bits per heavy atom. The molecule has 0 saturated heterocycles. The van der Waals surface area contributed by atoms with Gasteiger partial charge in [0.05, 0.1) is 24.3 Å². The van der Waals surface area contributed by atoms with E-state index in [2.05, 4.69) is 38.8 Å². The number of guanidine groups is 1. The molecule has 2 N–H and O–H groups in total. The molecule has 4 rings (SSSR count). The van der Waals surface area contributed by atoms with Gasteiger partial charge < -0.3 is 15.1 Å². The number of para-hydroxylation sites is 1. The molecule has 0 aliphatic heterocycles. The van der Waals surface area contributed by atoms with Crippen LogP contribution in [-0.4, -0.2) is 22.5 Å². The molecule has 6 nitrogen and oxygen atoms in total. The summed E-state index contributed by atoms with van der Waals surface area (Å²) in [5.41, 5.74) is 3.86. The van der Waals surface area contributed by atoms with Crippen LogP contribution in [0.3, 0.4) is 0 Å². The molecule has 2 aromatic carbocycles. The van der Waals surface area contributed by atoms with Crippen LogP contribution in [0.4, 0.5) is 0 Å². The lowest BCUT2D eigenvalue weighted by atomic mass is 10.1. The van der Waals surface area contributed by atoms with Crippen molar-refractivity contribution in [2.45, 2.75) is 20.0 Å². The van der Waals surface area contributed by atoms with Crippen LogP contribution in [0.5, 0.6) is 0 Å². The zero-order chi connectivity index (χ0) is 19.9. The summed E-state index contributed by atoms with van der Waals surface area (Å²) in [5, 5.41) is 7.71. The van der Waals surface area contributed by atoms with Crippen LogP contribution in [-0.2, 0) is 13.1 Å². The molecule has 0 radical (unpaired) electrons. The summed E-state index contributed by atoms with van der Waals surface area (Å²) in [6, 6.07) is 20.0. The molecule has 6 heteroatoms. The third kappa shape index (κ3) is 4.60. The third-order valence-electron chi connectivity index (χ3n) is 4.48. The molecule has 0 unspecified atom stereocenters. The summed E-state index contributed by atoms with van der Waals surface area (Å²) in [7, 11) is 0. The van der Waals surface area contributed by atoms with Gasteiger partial charge in [0.1, 0.15) is 6.26 Å². The molecule has 0 atom stereocenters. The summed E-state index contributed by atoms with van der Waals surface area (Å²) in [6.45, 7) is 3.88. The smallest absolute Gasteiger partial charge is 0.226 e. The SMILES string of the molecule is CCNC(=NCc1cccc2cccnc12)NCc1coc(-c2ccccc2)n1. The topological polar surface area (TPSA) is 75.3 Å². The Bertz CT molecular complexity index is 1100. The summed E-state index contributed by atoms with van der Waals surface area (Å²) < 4.78 is 5.60. The van der Waals surface area contributed by atoms with E-state index in [1.807, 2.05) is 55.6 Å². The quantitative estimate of drug-likeness (QED) is 0.385. The molecule has 146 valence electrons. The van der Waals surface area contributed by atoms with Crippen LogP contribution in [0.25, 0.3) is 22.4 Å². The molecule has 0 aliphatic rings. The van der Waals surface area contributed by atoms with Crippen LogP contribution < -0.4 is 10.6 Å². The first-order valence-corrected chi connectivity index (χ1v) is 9.68. The molecule has 4 aromatic rings. The van der Waals surface area contributed by atoms with E-state index in [9.17, 15) is 0 Å². The maximum Gasteiger partial charge on any atom is 0.226 e. The van der Waals surface area contributed by atoms with E-state index >= 15 is 0 Å². The lowest BCUT2D eigenvalue weighted by molar-refractivity contribution is 0.572. The van der Waals surface area contributed by atoms with Crippen molar-refractivity contribution < 1.29 is 4.42 Å². The minimum atomic E-state index is 0.524. The fourth-order valence-electron chi connectivity index (χ4n) is 3.08. The number of nitrogens with zero attached hydrogens (tertiary/aromatic N) is 3. The number of benzene rings is 2. The van der Waals surface area contributed by atoms with Crippen LogP contribution >= 0.6 is 0 Å². The molecule has 0 amide bonds. The van der Waals surface area contributed by atoms with Gasteiger partial charge in [-0.2, -0.15) is 0 Å². The van der Waals surface area contributed by atoms with E-state index in [-0.39, 0.29) is 0 Å². The zero-order valence-electron chi connectivity index (χ0n) is 16.3. The Kier molecular flexibility index (Phi) is 5.81. The van der Waals surface area contributed by atoms with Crippen LogP contribution in [0.15, 0.2) is 82.5 Å². The monoisotopic (exact) mass is 385 g/mol. The lowest BCUT2D eigenvalue weighted by Crippen LogP contribution is -2.36. The van der Waals surface area contributed by atoms with Gasteiger partial charge in [-0.1, -0.05) is 42.5 Å². The van der Waals surface area contributed by atoms with Gasteiger partial charge in [0, 0.05) is 23.7 Å². The highest BCUT2D eigenvalue weighted by Gasteiger charge is 2.07. The van der Waals surface area contributed by atoms with E-state index in [1.165, 1.54) is 0 Å². The first-order valence-electron chi connectivity index (χ1n) is 9.68. The van der Waals surface area contributed by atoms with E-state index in [4.69, 9.17) is 9.41 Å². The van der Waals surface area contributed by atoms with Crippen molar-refractivity contribution in [3.05, 3.63) is 84.4 Å². The van der Waals surface area contributed by atoms with Gasteiger partial charge in [-0.25, -0.2) is 9.98 Å². The molecule has 2 heterocycles. The Labute approximate surface area is 169 Å². The molecule has 2 aromatic heterocycles. The van der Waals surface area contributed by atoms with Crippen molar-refractivity contribution in [3.8, 4) is 11.5 Å². The second-order valence-corrected chi connectivity index (χ2v) is 6.55. The minimum Gasteiger partial charge on any atom is -0.444 e. The summed E-state index contributed by atoms with van der Waals surface area (Å²) in [5.74, 6) is 1.34. The highest BCUT2D eigenvalue weighted by molar-refractivity contribution is 5.83. The number of pyridine rings is 1. The van der Waals surface area contributed by atoms with Crippen molar-refractivity contribution in [2.75, 3.05) is 6.54 Å². The van der Waals surface area contributed by atoms with Crippen molar-refractivity contribution >= 4 is 16.9 Å². The van der Waals surface area contributed by atoms with Crippen molar-refractivity contribution in [2.24, 2.45) is 4.99 Å². The Morgan fingerprint density at radius 2 is 1.86 bits per heavy atom. The summed E-state index contributed by atoms with van der Waals surface area (Å²) in [4.78, 5) is 13.8. The van der Waals surface area contributed by atoms with Gasteiger partial charge in [-0.15, -0.1) is 0 Å². The van der Waals surface area contributed by atoms with Gasteiger partial charge in [-0.05, 0) is 30.7 Å². The second-order valence-electron chi connectivity index (χ2n) is 6.55. The van der Waals surface area contributed by atoms with E-state index in [1.54, 1.807) is 6.26 Å². The van der Waals surface area contributed by atoms with Gasteiger partial charge >= 0.3 is 0 Å². The zero-order valence-corrected chi connectivity index (χ0v) is 16.3. The van der Waals surface area contributed by atoms with E-state index in [0.29, 0.717) is 19.0 Å². The number of fused-ring (bicyclic) bond motifs is 1. The predicted molar refractivity (Wildman–Crippen MR) is 115 cm³/mol. The first-order chi connectivity index (χ1) is 14.3. The molecule has 0 saturated carbocycles. The molecular weight excluding hydrogens is 362 g/mol. The first kappa shape index (κ1) is 18.7. The predicted octanol–water partition coefficient (Wildman–Crippen LogP) is 4.15. The van der Waals surface area contributed by atoms with Crippen molar-refractivity contribution in [3.63, 3.8) is 0 Å². The number of rotatable bonds is 6. The standard InChI is InChI=1S/C23H23N5O/c1-2-24-23(26-14-19-11-6-10-17-12-7-13-25-21(17)19)27-15-20-16-29-22(28-20)18-8-4-3-5-9-18/h3-13,16H,2,14-15H2,1H3,(H2,24,26,27). The molecule has 0 bridgehead atoms.